The number of phenols is 1. The molecule has 3 heterocycles. The summed E-state index contributed by atoms with van der Waals surface area (Å²) in [5.74, 6) is 0.785. The zero-order chi connectivity index (χ0) is 26.3. The Morgan fingerprint density at radius 1 is 1.13 bits per heavy atom. The molecule has 2 aliphatic rings. The number of hydrogen-bond acceptors (Lipinski definition) is 7. The van der Waals surface area contributed by atoms with Gasteiger partial charge in [-0.05, 0) is 49.6 Å². The van der Waals surface area contributed by atoms with E-state index in [0.717, 1.165) is 53.7 Å². The minimum atomic E-state index is -0.207. The highest BCUT2D eigenvalue weighted by molar-refractivity contribution is 5.96. The van der Waals surface area contributed by atoms with Crippen LogP contribution in [0.25, 0.3) is 22.7 Å². The molecule has 2 aromatic carbocycles. The summed E-state index contributed by atoms with van der Waals surface area (Å²) < 4.78 is 24.7. The highest BCUT2D eigenvalue weighted by atomic mass is 16.7. The van der Waals surface area contributed by atoms with Crippen LogP contribution in [-0.4, -0.2) is 43.7 Å². The molecule has 1 N–H and O–H groups in total. The van der Waals surface area contributed by atoms with Crippen molar-refractivity contribution in [3.05, 3.63) is 66.2 Å². The van der Waals surface area contributed by atoms with Crippen LogP contribution >= 0.6 is 0 Å². The first-order valence-electron chi connectivity index (χ1n) is 13.4. The molecule has 8 nitrogen and oxygen atoms in total. The summed E-state index contributed by atoms with van der Waals surface area (Å²) in [4.78, 5) is 13.7. The highest BCUT2D eigenvalue weighted by Gasteiger charge is 2.27. The molecule has 0 atom stereocenters. The van der Waals surface area contributed by atoms with Crippen molar-refractivity contribution in [1.29, 1.82) is 0 Å². The van der Waals surface area contributed by atoms with Crippen LogP contribution in [0.15, 0.2) is 59.2 Å². The number of unbranched alkanes of at least 4 members (excludes halogenated alkanes) is 2. The molecule has 8 heteroatoms. The number of phenolic OH excluding ortho intramolecular Hbond substituents is 1. The summed E-state index contributed by atoms with van der Waals surface area (Å²) in [5, 5.41) is 10.9. The first-order chi connectivity index (χ1) is 18.6. The van der Waals surface area contributed by atoms with Crippen molar-refractivity contribution in [2.45, 2.75) is 51.9 Å². The lowest BCUT2D eigenvalue weighted by molar-refractivity contribution is -0.680. The van der Waals surface area contributed by atoms with Crippen molar-refractivity contribution >= 4 is 34.4 Å². The number of hydrogen-bond donors (Lipinski definition) is 1. The number of ether oxygens (including phenoxy) is 3. The van der Waals surface area contributed by atoms with Gasteiger partial charge in [0.25, 0.3) is 5.52 Å². The van der Waals surface area contributed by atoms with Crippen molar-refractivity contribution < 1.29 is 33.1 Å². The number of anilines is 1. The van der Waals surface area contributed by atoms with Crippen molar-refractivity contribution in [2.75, 3.05) is 31.3 Å². The summed E-state index contributed by atoms with van der Waals surface area (Å²) in [6.45, 7) is 4.96. The molecular formula is C30H35N2O6+. The standard InChI is InChI=1S/C30H34N2O6/c1-2-35-28(34)13-4-3-7-16-31-17-14-22(30-24(31)10-8-11-25(30)33)21-27-32(18-15-29-36-19-20-37-29)23-9-5-6-12-26(23)38-27/h5-6,8-12,14,17,21,29H,2-4,7,13,15-16,18-20H2,1H3/p+1. The summed E-state index contributed by atoms with van der Waals surface area (Å²) in [7, 11) is 0. The number of fused-ring (bicyclic) bond motifs is 2. The van der Waals surface area contributed by atoms with Gasteiger partial charge in [0.15, 0.2) is 12.8 Å². The van der Waals surface area contributed by atoms with E-state index in [0.29, 0.717) is 45.1 Å². The Morgan fingerprint density at radius 3 is 2.82 bits per heavy atom. The summed E-state index contributed by atoms with van der Waals surface area (Å²) in [6.07, 6.45) is 9.66. The third kappa shape index (κ3) is 5.92. The zero-order valence-corrected chi connectivity index (χ0v) is 21.8. The normalized spacial score (nSPS) is 16.4. The lowest BCUT2D eigenvalue weighted by atomic mass is 9.98. The zero-order valence-electron chi connectivity index (χ0n) is 21.8. The van der Waals surface area contributed by atoms with E-state index in [-0.39, 0.29) is 18.0 Å². The third-order valence-electron chi connectivity index (χ3n) is 6.83. The highest BCUT2D eigenvalue weighted by Crippen LogP contribution is 2.40. The molecule has 1 aromatic heterocycles. The lowest BCUT2D eigenvalue weighted by Crippen LogP contribution is -2.37. The molecule has 0 saturated carbocycles. The quantitative estimate of drug-likeness (QED) is 0.212. The maximum Gasteiger partial charge on any atom is 0.374 e. The van der Waals surface area contributed by atoms with E-state index in [4.69, 9.17) is 18.6 Å². The second kappa shape index (κ2) is 12.3. The maximum atomic E-state index is 11.6. The van der Waals surface area contributed by atoms with Gasteiger partial charge >= 0.3 is 11.9 Å². The van der Waals surface area contributed by atoms with Crippen LogP contribution in [0.1, 0.15) is 50.5 Å². The Labute approximate surface area is 222 Å². The predicted octanol–water partition coefficient (Wildman–Crippen LogP) is 5.19. The number of aromatic hydroxyl groups is 1. The average molecular weight is 520 g/mol. The second-order valence-electron chi connectivity index (χ2n) is 9.42. The number of oxazole rings is 1. The van der Waals surface area contributed by atoms with Crippen molar-refractivity contribution in [1.82, 2.24) is 0 Å². The monoisotopic (exact) mass is 519 g/mol. The Hall–Kier alpha value is -3.62. The molecule has 2 aliphatic heterocycles. The fraction of sp³-hybridized carbons (Fsp3) is 0.400. The van der Waals surface area contributed by atoms with Crippen LogP contribution in [0.4, 0.5) is 5.69 Å². The Kier molecular flexibility index (Phi) is 8.41. The van der Waals surface area contributed by atoms with Gasteiger partial charge in [0.05, 0.1) is 38.0 Å². The third-order valence-corrected chi connectivity index (χ3v) is 6.83. The lowest BCUT2D eigenvalue weighted by Gasteiger charge is -2.28. The summed E-state index contributed by atoms with van der Waals surface area (Å²) in [5.41, 5.74) is 4.39. The van der Waals surface area contributed by atoms with Crippen molar-refractivity contribution in [2.24, 2.45) is 0 Å². The van der Waals surface area contributed by atoms with Gasteiger partial charge < -0.3 is 28.6 Å². The number of nitrogens with zero attached hydrogens (tertiary/aromatic N) is 2. The van der Waals surface area contributed by atoms with E-state index in [1.165, 1.54) is 0 Å². The average Bonchev–Trinajstić information content (AvgIpc) is 3.56. The van der Waals surface area contributed by atoms with Crippen LogP contribution in [0.3, 0.4) is 0 Å². The van der Waals surface area contributed by atoms with Gasteiger partial charge in [-0.3, -0.25) is 4.79 Å². The number of aryl methyl sites for hydroxylation is 1. The van der Waals surface area contributed by atoms with Gasteiger partial charge in [0.2, 0.25) is 5.58 Å². The molecule has 1 fully saturated rings. The van der Waals surface area contributed by atoms with E-state index >= 15 is 0 Å². The van der Waals surface area contributed by atoms with Crippen LogP contribution in [0.5, 0.6) is 5.75 Å². The Morgan fingerprint density at radius 2 is 1.97 bits per heavy atom. The fourth-order valence-corrected chi connectivity index (χ4v) is 5.01. The van der Waals surface area contributed by atoms with Gasteiger partial charge in [-0.1, -0.05) is 24.6 Å². The van der Waals surface area contributed by atoms with Gasteiger partial charge in [0, 0.05) is 30.8 Å². The maximum absolute atomic E-state index is 11.6. The molecule has 0 spiro atoms. The molecule has 5 rings (SSSR count). The van der Waals surface area contributed by atoms with E-state index in [2.05, 4.69) is 9.47 Å². The van der Waals surface area contributed by atoms with Gasteiger partial charge in [-0.25, -0.2) is 0 Å². The van der Waals surface area contributed by atoms with E-state index < -0.39 is 0 Å². The molecular weight excluding hydrogens is 484 g/mol. The fourth-order valence-electron chi connectivity index (χ4n) is 5.01. The van der Waals surface area contributed by atoms with E-state index in [9.17, 15) is 9.90 Å². The van der Waals surface area contributed by atoms with Gasteiger partial charge in [0.1, 0.15) is 5.75 Å². The first kappa shape index (κ1) is 26.0. The number of aromatic nitrogens is 1. The molecule has 200 valence electrons. The summed E-state index contributed by atoms with van der Waals surface area (Å²) >= 11 is 0. The first-order valence-corrected chi connectivity index (χ1v) is 13.4. The van der Waals surface area contributed by atoms with Crippen LogP contribution in [0, 0.1) is 0 Å². The molecule has 0 aliphatic carbocycles. The minimum absolute atomic E-state index is 0.137. The molecule has 0 amide bonds. The van der Waals surface area contributed by atoms with E-state index in [1.807, 2.05) is 61.7 Å². The molecule has 3 aromatic rings. The number of allylic oxidation sites excluding steroid dienone is 2. The van der Waals surface area contributed by atoms with Crippen LogP contribution in [-0.2, 0) is 25.5 Å². The Bertz CT molecular complexity index is 1320. The largest absolute Gasteiger partial charge is 0.507 e. The molecule has 0 radical (unpaired) electrons. The minimum Gasteiger partial charge on any atom is -0.507 e. The number of carbonyl (C=O) groups is 1. The van der Waals surface area contributed by atoms with Crippen LogP contribution in [0.2, 0.25) is 0 Å². The van der Waals surface area contributed by atoms with Gasteiger partial charge in [-0.15, -0.1) is 0 Å². The number of esters is 1. The number of carbonyl (C=O) groups excluding carboxylic acids is 1. The topological polar surface area (TPSA) is 85.3 Å². The molecule has 1 saturated heterocycles. The smallest absolute Gasteiger partial charge is 0.374 e. The SMILES string of the molecule is CCOC(=O)CCCCCN1C=C/C(=C\c2oc3ccccc3[n+]2CCC2OCCO2)c2c(O)cccc21. The Balaban J connectivity index is 1.36. The molecule has 0 bridgehead atoms. The molecule has 38 heavy (non-hydrogen) atoms. The predicted molar refractivity (Wildman–Crippen MR) is 144 cm³/mol. The van der Waals surface area contributed by atoms with Crippen LogP contribution < -0.4 is 9.47 Å². The second-order valence-corrected chi connectivity index (χ2v) is 9.42. The molecule has 0 unspecified atom stereocenters. The number of rotatable bonds is 11. The van der Waals surface area contributed by atoms with Crippen molar-refractivity contribution in [3.63, 3.8) is 0 Å². The number of benzene rings is 2. The summed E-state index contributed by atoms with van der Waals surface area (Å²) in [6, 6.07) is 13.6. The number of para-hydroxylation sites is 2. The van der Waals surface area contributed by atoms with Crippen molar-refractivity contribution in [3.8, 4) is 5.75 Å². The van der Waals surface area contributed by atoms with E-state index in [1.54, 1.807) is 6.07 Å². The van der Waals surface area contributed by atoms with Gasteiger partial charge in [-0.2, -0.15) is 4.57 Å².